The van der Waals surface area contributed by atoms with Crippen LogP contribution in [0.1, 0.15) is 37.2 Å². The number of aliphatic carboxylic acids is 1. The van der Waals surface area contributed by atoms with Crippen LogP contribution in [0.5, 0.6) is 5.75 Å². The minimum atomic E-state index is -1.94. The average Bonchev–Trinajstić information content (AvgIpc) is 3.27. The Bertz CT molecular complexity index is 1580. The molecule has 0 radical (unpaired) electrons. The number of imide groups is 2. The first-order chi connectivity index (χ1) is 19.5. The van der Waals surface area contributed by atoms with Gasteiger partial charge in [0.15, 0.2) is 9.75 Å². The lowest BCUT2D eigenvalue weighted by molar-refractivity contribution is -0.142. The fourth-order valence-electron chi connectivity index (χ4n) is 7.33. The molecule has 9 nitrogen and oxygen atoms in total. The van der Waals surface area contributed by atoms with Crippen molar-refractivity contribution in [2.45, 2.75) is 41.3 Å². The molecule has 0 spiro atoms. The first kappa shape index (κ1) is 28.2. The van der Waals surface area contributed by atoms with Crippen molar-refractivity contribution in [3.8, 4) is 5.75 Å². The minimum absolute atomic E-state index is 0.0225. The first-order valence-corrected chi connectivity index (χ1v) is 15.1. The maximum Gasteiger partial charge on any atom is 0.303 e. The third kappa shape index (κ3) is 3.76. The predicted molar refractivity (Wildman–Crippen MR) is 153 cm³/mol. The summed E-state index contributed by atoms with van der Waals surface area (Å²) in [6.07, 6.45) is 1.87. The van der Waals surface area contributed by atoms with Crippen LogP contribution >= 0.6 is 39.1 Å². The highest BCUT2D eigenvalue weighted by Crippen LogP contribution is 2.66. The lowest BCUT2D eigenvalue weighted by atomic mass is 9.56. The molecule has 6 rings (SSSR count). The van der Waals surface area contributed by atoms with E-state index in [9.17, 15) is 29.1 Å². The van der Waals surface area contributed by atoms with Gasteiger partial charge >= 0.3 is 5.97 Å². The largest absolute Gasteiger partial charge is 0.507 e. The molecule has 3 fully saturated rings. The van der Waals surface area contributed by atoms with E-state index in [0.29, 0.717) is 21.9 Å². The minimum Gasteiger partial charge on any atom is -0.507 e. The Morgan fingerprint density at radius 2 is 1.68 bits per heavy atom. The van der Waals surface area contributed by atoms with E-state index < -0.39 is 57.1 Å². The topological polar surface area (TPSA) is 132 Å². The Kier molecular flexibility index (Phi) is 6.75. The highest BCUT2D eigenvalue weighted by Gasteiger charge is 2.76. The molecule has 4 aliphatic rings. The number of carboxylic acids is 1. The van der Waals surface area contributed by atoms with Crippen molar-refractivity contribution >= 4 is 79.5 Å². The number of hydrogen-bond acceptors (Lipinski definition) is 6. The van der Waals surface area contributed by atoms with E-state index in [2.05, 4.69) is 15.9 Å². The summed E-state index contributed by atoms with van der Waals surface area (Å²) in [7, 11) is 0. The van der Waals surface area contributed by atoms with Gasteiger partial charge < -0.3 is 10.2 Å². The second-order valence-corrected chi connectivity index (χ2v) is 12.8. The number of allylic oxidation sites excluding steroid dienone is 2. The van der Waals surface area contributed by atoms with Crippen LogP contribution in [0, 0.1) is 17.8 Å². The number of nitrogens with zero attached hydrogens (tertiary/aromatic N) is 2. The molecule has 1 saturated carbocycles. The van der Waals surface area contributed by atoms with Gasteiger partial charge in [0.05, 0.1) is 17.3 Å². The van der Waals surface area contributed by atoms with E-state index in [0.717, 1.165) is 9.80 Å². The van der Waals surface area contributed by atoms with Crippen molar-refractivity contribution < 1.29 is 34.2 Å². The Labute approximate surface area is 253 Å². The number of carboxylic acid groups (broad SMARTS) is 1. The molecule has 4 amide bonds. The van der Waals surface area contributed by atoms with Gasteiger partial charge in [-0.05, 0) is 42.2 Å². The van der Waals surface area contributed by atoms with Gasteiger partial charge in [-0.3, -0.25) is 33.8 Å². The molecule has 2 aliphatic heterocycles. The maximum atomic E-state index is 13.9. The zero-order valence-corrected chi connectivity index (χ0v) is 24.7. The summed E-state index contributed by atoms with van der Waals surface area (Å²) >= 11 is 17.8. The van der Waals surface area contributed by atoms with Crippen LogP contribution in [-0.4, -0.2) is 71.4 Å². The van der Waals surface area contributed by atoms with Crippen LogP contribution in [0.25, 0.3) is 10.8 Å². The summed E-state index contributed by atoms with van der Waals surface area (Å²) < 4.78 is 0. The molecule has 2 saturated heterocycles. The third-order valence-electron chi connectivity index (χ3n) is 9.12. The van der Waals surface area contributed by atoms with Crippen LogP contribution in [-0.2, 0) is 24.0 Å². The molecule has 2 aromatic rings. The molecule has 6 atom stereocenters. The number of alkyl halides is 3. The Morgan fingerprint density at radius 3 is 2.37 bits per heavy atom. The summed E-state index contributed by atoms with van der Waals surface area (Å²) in [4.78, 5) is 64.1. The molecule has 6 unspecified atom stereocenters. The number of fused-ring (bicyclic) bond motifs is 5. The van der Waals surface area contributed by atoms with Crippen LogP contribution in [0.15, 0.2) is 48.0 Å². The highest BCUT2D eigenvalue weighted by atomic mass is 79.9. The van der Waals surface area contributed by atoms with Crippen molar-refractivity contribution in [3.05, 3.63) is 53.6 Å². The van der Waals surface area contributed by atoms with Gasteiger partial charge in [0, 0.05) is 24.3 Å². The van der Waals surface area contributed by atoms with Crippen LogP contribution < -0.4 is 0 Å². The Balaban J connectivity index is 1.53. The number of carbonyl (C=O) groups is 5. The summed E-state index contributed by atoms with van der Waals surface area (Å²) in [6, 6.07) is 10.2. The number of phenolic OH excluding ortho intramolecular Hbond substituents is 1. The number of hydrogen-bond donors (Lipinski definition) is 2. The van der Waals surface area contributed by atoms with E-state index in [1.807, 2.05) is 6.08 Å². The second-order valence-electron chi connectivity index (χ2n) is 11.0. The molecular weight excluding hydrogens is 639 g/mol. The molecule has 0 bridgehead atoms. The molecular formula is C29H25BrCl2N2O7. The van der Waals surface area contributed by atoms with Gasteiger partial charge in [-0.2, -0.15) is 0 Å². The Hall–Kier alpha value is -2.95. The molecule has 2 aromatic carbocycles. The molecule has 214 valence electrons. The molecule has 41 heavy (non-hydrogen) atoms. The van der Waals surface area contributed by atoms with Gasteiger partial charge in [0.2, 0.25) is 11.8 Å². The van der Waals surface area contributed by atoms with Gasteiger partial charge in [0.1, 0.15) is 5.75 Å². The van der Waals surface area contributed by atoms with Gasteiger partial charge in [-0.15, -0.1) is 23.2 Å². The van der Waals surface area contributed by atoms with E-state index in [1.165, 1.54) is 6.07 Å². The number of amides is 4. The summed E-state index contributed by atoms with van der Waals surface area (Å²) in [5, 5.41) is 20.8. The zero-order valence-electron chi connectivity index (χ0n) is 21.6. The van der Waals surface area contributed by atoms with Gasteiger partial charge in [0.25, 0.3) is 11.8 Å². The van der Waals surface area contributed by atoms with Crippen molar-refractivity contribution in [2.75, 3.05) is 12.0 Å². The van der Waals surface area contributed by atoms with Crippen LogP contribution in [0.4, 0.5) is 0 Å². The summed E-state index contributed by atoms with van der Waals surface area (Å²) in [5.74, 6) is -6.31. The summed E-state index contributed by atoms with van der Waals surface area (Å²) in [5.41, 5.74) is 1.10. The normalized spacial score (nSPS) is 32.7. The fourth-order valence-corrected chi connectivity index (χ4v) is 8.75. The van der Waals surface area contributed by atoms with E-state index >= 15 is 0 Å². The molecule has 2 heterocycles. The maximum absolute atomic E-state index is 13.9. The zero-order chi connectivity index (χ0) is 29.4. The molecule has 2 N–H and O–H groups in total. The van der Waals surface area contributed by atoms with Crippen molar-refractivity contribution in [2.24, 2.45) is 17.8 Å². The second kappa shape index (κ2) is 9.81. The van der Waals surface area contributed by atoms with Crippen molar-refractivity contribution in [1.29, 1.82) is 0 Å². The third-order valence-corrected chi connectivity index (χ3v) is 11.0. The number of rotatable bonds is 6. The van der Waals surface area contributed by atoms with Crippen LogP contribution in [0.3, 0.4) is 0 Å². The summed E-state index contributed by atoms with van der Waals surface area (Å²) in [6.45, 7) is -0.0225. The number of carbonyl (C=O) groups excluding carboxylic acids is 4. The molecule has 0 aromatic heterocycles. The van der Waals surface area contributed by atoms with Crippen molar-refractivity contribution in [3.63, 3.8) is 0 Å². The van der Waals surface area contributed by atoms with E-state index in [-0.39, 0.29) is 49.3 Å². The standard InChI is InChI=1S/C29H25BrCl2N2O7/c30-13-34-26(40)28(31)12-19-17(7-8-18-22(19)25(39)33(24(18)38)11-3-6-21(36)37)23(29(28,32)27(34)41)16-9-10-20(35)15-5-2-1-4-14(15)16/h1-2,4-5,7,9-10,18-19,22-23,35H,3,6,8,11-13H2,(H,36,37). The number of benzene rings is 2. The monoisotopic (exact) mass is 662 g/mol. The SMILES string of the molecule is O=C(O)CCCN1C(=O)C2CC=C3C(CC4(Cl)C(=O)N(CBr)C(=O)C4(Cl)C3c3ccc(O)c4ccccc34)C2C1=O. The molecule has 2 aliphatic carbocycles. The lowest BCUT2D eigenvalue weighted by Gasteiger charge is -2.51. The van der Waals surface area contributed by atoms with Gasteiger partial charge in [-0.25, -0.2) is 0 Å². The van der Waals surface area contributed by atoms with E-state index in [1.54, 1.807) is 30.3 Å². The highest BCUT2D eigenvalue weighted by molar-refractivity contribution is 9.09. The number of aromatic hydroxyl groups is 1. The fraction of sp³-hybridized carbons (Fsp3) is 0.414. The van der Waals surface area contributed by atoms with Crippen LogP contribution in [0.2, 0.25) is 0 Å². The quantitative estimate of drug-likeness (QED) is 0.206. The average molecular weight is 664 g/mol. The van der Waals surface area contributed by atoms with Gasteiger partial charge in [-0.1, -0.05) is 57.9 Å². The molecule has 12 heteroatoms. The lowest BCUT2D eigenvalue weighted by Crippen LogP contribution is -2.60. The smallest absolute Gasteiger partial charge is 0.303 e. The van der Waals surface area contributed by atoms with E-state index in [4.69, 9.17) is 28.3 Å². The van der Waals surface area contributed by atoms with Crippen molar-refractivity contribution in [1.82, 2.24) is 9.80 Å². The predicted octanol–water partition coefficient (Wildman–Crippen LogP) is 4.12. The number of likely N-dealkylation sites (tertiary alicyclic amines) is 2. The first-order valence-electron chi connectivity index (χ1n) is 13.2. The number of halogens is 3. The Morgan fingerprint density at radius 1 is 0.976 bits per heavy atom. The number of phenols is 1.